The minimum Gasteiger partial charge on any atom is -0.409 e. The maximum atomic E-state index is 8.51. The van der Waals surface area contributed by atoms with Gasteiger partial charge in [-0.1, -0.05) is 18.0 Å². The van der Waals surface area contributed by atoms with Crippen molar-refractivity contribution in [2.24, 2.45) is 10.9 Å². The molecule has 0 saturated heterocycles. The average Bonchev–Trinajstić information content (AvgIpc) is 2.52. The molecule has 0 aromatic carbocycles. The number of rotatable bonds is 2. The number of nitrogens with one attached hydrogen (secondary N) is 1. The molecule has 4 N–H and O–H groups in total. The standard InChI is InChI=1S/C7H15N3O/c1-9-7(6(8)10-11)4-2-3-5-7/h9,11H,2-5H2,1H3,(H2,8,10). The fraction of sp³-hybridized carbons (Fsp3) is 0.857. The lowest BCUT2D eigenvalue weighted by Crippen LogP contribution is -2.51. The summed E-state index contributed by atoms with van der Waals surface area (Å²) in [5.41, 5.74) is 5.33. The third-order valence-corrected chi connectivity index (χ3v) is 2.53. The Bertz CT molecular complexity index is 161. The Hall–Kier alpha value is -0.770. The number of likely N-dealkylation sites (N-methyl/N-ethyl adjacent to an activating group) is 1. The van der Waals surface area contributed by atoms with Crippen molar-refractivity contribution in [3.8, 4) is 0 Å². The van der Waals surface area contributed by atoms with Gasteiger partial charge in [-0.2, -0.15) is 0 Å². The third-order valence-electron chi connectivity index (χ3n) is 2.53. The lowest BCUT2D eigenvalue weighted by molar-refractivity contribution is 0.308. The van der Waals surface area contributed by atoms with Crippen molar-refractivity contribution in [3.63, 3.8) is 0 Å². The number of oxime groups is 1. The Morgan fingerprint density at radius 1 is 1.55 bits per heavy atom. The summed E-state index contributed by atoms with van der Waals surface area (Å²) in [6, 6.07) is 0. The summed E-state index contributed by atoms with van der Waals surface area (Å²) >= 11 is 0. The molecular formula is C7H15N3O. The van der Waals surface area contributed by atoms with Crippen LogP contribution in [0.1, 0.15) is 25.7 Å². The normalized spacial score (nSPS) is 23.9. The molecule has 0 atom stereocenters. The van der Waals surface area contributed by atoms with Crippen molar-refractivity contribution in [1.82, 2.24) is 5.32 Å². The molecule has 0 aromatic rings. The molecule has 1 aliphatic carbocycles. The van der Waals surface area contributed by atoms with E-state index in [-0.39, 0.29) is 5.54 Å². The molecular weight excluding hydrogens is 142 g/mol. The van der Waals surface area contributed by atoms with Gasteiger partial charge in [-0.25, -0.2) is 0 Å². The molecule has 64 valence electrons. The molecule has 1 saturated carbocycles. The Balaban J connectivity index is 2.74. The van der Waals surface area contributed by atoms with Crippen molar-refractivity contribution in [3.05, 3.63) is 0 Å². The van der Waals surface area contributed by atoms with E-state index in [1.807, 2.05) is 7.05 Å². The molecule has 0 amide bonds. The van der Waals surface area contributed by atoms with Gasteiger partial charge in [0.15, 0.2) is 5.84 Å². The molecule has 0 aromatic heterocycles. The van der Waals surface area contributed by atoms with E-state index in [4.69, 9.17) is 10.9 Å². The predicted molar refractivity (Wildman–Crippen MR) is 43.7 cm³/mol. The smallest absolute Gasteiger partial charge is 0.159 e. The second-order valence-electron chi connectivity index (χ2n) is 3.02. The summed E-state index contributed by atoms with van der Waals surface area (Å²) in [6.07, 6.45) is 4.24. The summed E-state index contributed by atoms with van der Waals surface area (Å²) in [6.45, 7) is 0. The Labute approximate surface area is 66.5 Å². The zero-order valence-corrected chi connectivity index (χ0v) is 6.80. The van der Waals surface area contributed by atoms with E-state index in [9.17, 15) is 0 Å². The Morgan fingerprint density at radius 3 is 2.45 bits per heavy atom. The number of amidine groups is 1. The van der Waals surface area contributed by atoms with Crippen LogP contribution in [0.3, 0.4) is 0 Å². The van der Waals surface area contributed by atoms with E-state index >= 15 is 0 Å². The topological polar surface area (TPSA) is 70.6 Å². The molecule has 1 aliphatic rings. The van der Waals surface area contributed by atoms with Crippen LogP contribution in [0.15, 0.2) is 5.16 Å². The van der Waals surface area contributed by atoms with Gasteiger partial charge in [-0.15, -0.1) is 0 Å². The summed E-state index contributed by atoms with van der Waals surface area (Å²) in [4.78, 5) is 0. The van der Waals surface area contributed by atoms with E-state index in [1.54, 1.807) is 0 Å². The molecule has 0 radical (unpaired) electrons. The molecule has 0 heterocycles. The van der Waals surface area contributed by atoms with Crippen LogP contribution in [0.4, 0.5) is 0 Å². The van der Waals surface area contributed by atoms with Crippen LogP contribution in [0.5, 0.6) is 0 Å². The molecule has 0 aliphatic heterocycles. The minimum absolute atomic E-state index is 0.227. The van der Waals surface area contributed by atoms with Gasteiger partial charge < -0.3 is 16.3 Å². The molecule has 1 rings (SSSR count). The highest BCUT2D eigenvalue weighted by Crippen LogP contribution is 2.29. The average molecular weight is 157 g/mol. The van der Waals surface area contributed by atoms with Gasteiger partial charge in [0, 0.05) is 0 Å². The summed E-state index contributed by atoms with van der Waals surface area (Å²) < 4.78 is 0. The van der Waals surface area contributed by atoms with Gasteiger partial charge in [-0.05, 0) is 19.9 Å². The quantitative estimate of drug-likeness (QED) is 0.233. The monoisotopic (exact) mass is 157 g/mol. The van der Waals surface area contributed by atoms with Crippen LogP contribution in [0.25, 0.3) is 0 Å². The lowest BCUT2D eigenvalue weighted by Gasteiger charge is -2.26. The largest absolute Gasteiger partial charge is 0.409 e. The fourth-order valence-corrected chi connectivity index (χ4v) is 1.71. The fourth-order valence-electron chi connectivity index (χ4n) is 1.71. The Kier molecular flexibility index (Phi) is 2.34. The molecule has 4 heteroatoms. The van der Waals surface area contributed by atoms with Crippen LogP contribution >= 0.6 is 0 Å². The highest BCUT2D eigenvalue weighted by molar-refractivity contribution is 5.89. The number of hydrogen-bond acceptors (Lipinski definition) is 3. The van der Waals surface area contributed by atoms with Crippen molar-refractivity contribution in [2.45, 2.75) is 31.2 Å². The highest BCUT2D eigenvalue weighted by atomic mass is 16.4. The maximum Gasteiger partial charge on any atom is 0.159 e. The molecule has 11 heavy (non-hydrogen) atoms. The third kappa shape index (κ3) is 1.30. The van der Waals surface area contributed by atoms with E-state index in [0.717, 1.165) is 25.7 Å². The first kappa shape index (κ1) is 8.33. The maximum absolute atomic E-state index is 8.51. The SMILES string of the molecule is CNC1(/C(N)=N/O)CCCC1. The first-order valence-electron chi connectivity index (χ1n) is 3.92. The van der Waals surface area contributed by atoms with Crippen molar-refractivity contribution in [1.29, 1.82) is 0 Å². The van der Waals surface area contributed by atoms with Crippen molar-refractivity contribution >= 4 is 5.84 Å². The van der Waals surface area contributed by atoms with Gasteiger partial charge >= 0.3 is 0 Å². The summed E-state index contributed by atoms with van der Waals surface area (Å²) in [5.74, 6) is 0.317. The Morgan fingerprint density at radius 2 is 2.09 bits per heavy atom. The van der Waals surface area contributed by atoms with E-state index in [1.165, 1.54) is 0 Å². The van der Waals surface area contributed by atoms with Crippen molar-refractivity contribution < 1.29 is 5.21 Å². The molecule has 0 unspecified atom stereocenters. The van der Waals surface area contributed by atoms with Crippen LogP contribution in [0, 0.1) is 0 Å². The summed E-state index contributed by atoms with van der Waals surface area (Å²) in [7, 11) is 1.85. The zero-order valence-electron chi connectivity index (χ0n) is 6.80. The van der Waals surface area contributed by atoms with Crippen LogP contribution in [-0.2, 0) is 0 Å². The van der Waals surface area contributed by atoms with Crippen LogP contribution in [-0.4, -0.2) is 23.6 Å². The predicted octanol–water partition coefficient (Wildman–Crippen LogP) is 0.265. The zero-order chi connectivity index (χ0) is 8.32. The number of nitrogens with two attached hydrogens (primary N) is 1. The molecule has 0 spiro atoms. The number of nitrogens with zero attached hydrogens (tertiary/aromatic N) is 1. The van der Waals surface area contributed by atoms with Crippen LogP contribution in [0.2, 0.25) is 0 Å². The summed E-state index contributed by atoms with van der Waals surface area (Å²) in [5, 5.41) is 14.7. The lowest BCUT2D eigenvalue weighted by atomic mass is 9.97. The van der Waals surface area contributed by atoms with Crippen molar-refractivity contribution in [2.75, 3.05) is 7.05 Å². The second kappa shape index (κ2) is 3.09. The first-order chi connectivity index (χ1) is 5.25. The minimum atomic E-state index is -0.227. The van der Waals surface area contributed by atoms with Gasteiger partial charge in [-0.3, -0.25) is 0 Å². The second-order valence-corrected chi connectivity index (χ2v) is 3.02. The van der Waals surface area contributed by atoms with E-state index in [2.05, 4.69) is 10.5 Å². The number of hydrogen-bond donors (Lipinski definition) is 3. The van der Waals surface area contributed by atoms with E-state index < -0.39 is 0 Å². The molecule has 4 nitrogen and oxygen atoms in total. The highest BCUT2D eigenvalue weighted by Gasteiger charge is 2.36. The van der Waals surface area contributed by atoms with Gasteiger partial charge in [0.05, 0.1) is 5.54 Å². The van der Waals surface area contributed by atoms with Gasteiger partial charge in [0.2, 0.25) is 0 Å². The van der Waals surface area contributed by atoms with Crippen LogP contribution < -0.4 is 11.1 Å². The van der Waals surface area contributed by atoms with Gasteiger partial charge in [0.25, 0.3) is 0 Å². The van der Waals surface area contributed by atoms with E-state index in [0.29, 0.717) is 5.84 Å². The molecule has 0 bridgehead atoms. The van der Waals surface area contributed by atoms with Gasteiger partial charge in [0.1, 0.15) is 0 Å². The first-order valence-corrected chi connectivity index (χ1v) is 3.92. The molecule has 1 fully saturated rings.